The summed E-state index contributed by atoms with van der Waals surface area (Å²) in [5.74, 6) is 0.908. The Labute approximate surface area is 145 Å². The molecule has 2 N–H and O–H groups in total. The third kappa shape index (κ3) is 4.49. The van der Waals surface area contributed by atoms with Crippen LogP contribution in [0.4, 0.5) is 0 Å². The average Bonchev–Trinajstić information content (AvgIpc) is 3.18. The number of carbonyl (C=O) groups is 1. The number of ether oxygens (including phenoxy) is 1. The second-order valence-electron chi connectivity index (χ2n) is 5.53. The number of furan rings is 1. The summed E-state index contributed by atoms with van der Waals surface area (Å²) < 4.78 is 10.7. The van der Waals surface area contributed by atoms with Crippen molar-refractivity contribution >= 4 is 5.91 Å². The zero-order valence-corrected chi connectivity index (χ0v) is 13.6. The highest BCUT2D eigenvalue weighted by Gasteiger charge is 2.14. The molecule has 2 aromatic carbocycles. The van der Waals surface area contributed by atoms with Crippen molar-refractivity contribution in [3.63, 3.8) is 0 Å². The summed E-state index contributed by atoms with van der Waals surface area (Å²) in [5.41, 5.74) is 1.14. The van der Waals surface area contributed by atoms with E-state index in [0.29, 0.717) is 35.6 Å². The number of aliphatic hydroxyl groups excluding tert-OH is 1. The maximum atomic E-state index is 12.4. The molecule has 1 unspecified atom stereocenters. The lowest BCUT2D eigenvalue weighted by Crippen LogP contribution is -2.26. The number of aliphatic hydroxyl groups is 1. The van der Waals surface area contributed by atoms with Crippen molar-refractivity contribution in [3.05, 3.63) is 84.3 Å². The average molecular weight is 337 g/mol. The van der Waals surface area contributed by atoms with Gasteiger partial charge in [-0.3, -0.25) is 4.79 Å². The molecule has 0 spiro atoms. The fourth-order valence-electron chi connectivity index (χ4n) is 2.41. The minimum absolute atomic E-state index is 0.245. The Kier molecular flexibility index (Phi) is 5.49. The van der Waals surface area contributed by atoms with Crippen LogP contribution in [0, 0.1) is 0 Å². The number of carbonyl (C=O) groups excluding carboxylic acids is 1. The van der Waals surface area contributed by atoms with E-state index in [4.69, 9.17) is 9.15 Å². The maximum absolute atomic E-state index is 12.4. The zero-order chi connectivity index (χ0) is 17.5. The smallest absolute Gasteiger partial charge is 0.255 e. The van der Waals surface area contributed by atoms with Gasteiger partial charge in [-0.05, 0) is 36.8 Å². The number of nitrogens with one attached hydrogen (secondary N) is 1. The van der Waals surface area contributed by atoms with Gasteiger partial charge in [0.05, 0.1) is 24.2 Å². The highest BCUT2D eigenvalue weighted by molar-refractivity contribution is 5.97. The van der Waals surface area contributed by atoms with Crippen LogP contribution in [0.25, 0.3) is 0 Å². The largest absolute Gasteiger partial charge is 0.472 e. The molecule has 5 nitrogen and oxygen atoms in total. The van der Waals surface area contributed by atoms with E-state index < -0.39 is 6.10 Å². The molecule has 0 aliphatic carbocycles. The van der Waals surface area contributed by atoms with Gasteiger partial charge in [0.1, 0.15) is 11.5 Å². The summed E-state index contributed by atoms with van der Waals surface area (Å²) in [6, 6.07) is 18.1. The SMILES string of the molecule is O=C(NCCC(O)c1ccoc1)c1ccccc1Oc1ccccc1. The second kappa shape index (κ2) is 8.17. The predicted octanol–water partition coefficient (Wildman–Crippen LogP) is 3.93. The quantitative estimate of drug-likeness (QED) is 0.685. The lowest BCUT2D eigenvalue weighted by Gasteiger charge is -2.12. The van der Waals surface area contributed by atoms with E-state index >= 15 is 0 Å². The first-order valence-electron chi connectivity index (χ1n) is 8.04. The van der Waals surface area contributed by atoms with Crippen LogP contribution in [0.1, 0.15) is 28.4 Å². The molecular weight excluding hydrogens is 318 g/mol. The lowest BCUT2D eigenvalue weighted by atomic mass is 10.1. The molecule has 1 atom stereocenters. The first kappa shape index (κ1) is 16.8. The van der Waals surface area contributed by atoms with Gasteiger partial charge in [-0.15, -0.1) is 0 Å². The van der Waals surface area contributed by atoms with Gasteiger partial charge >= 0.3 is 0 Å². The van der Waals surface area contributed by atoms with Crippen LogP contribution in [-0.2, 0) is 0 Å². The van der Waals surface area contributed by atoms with Crippen molar-refractivity contribution in [2.75, 3.05) is 6.54 Å². The van der Waals surface area contributed by atoms with E-state index in [1.165, 1.54) is 12.5 Å². The van der Waals surface area contributed by atoms with Crippen LogP contribution < -0.4 is 10.1 Å². The first-order valence-corrected chi connectivity index (χ1v) is 8.04. The van der Waals surface area contributed by atoms with Gasteiger partial charge in [-0.25, -0.2) is 0 Å². The van der Waals surface area contributed by atoms with Crippen LogP contribution >= 0.6 is 0 Å². The molecule has 1 amide bonds. The van der Waals surface area contributed by atoms with Crippen LogP contribution in [0.15, 0.2) is 77.6 Å². The van der Waals surface area contributed by atoms with Crippen molar-refractivity contribution < 1.29 is 19.1 Å². The van der Waals surface area contributed by atoms with Gasteiger partial charge in [0.25, 0.3) is 5.91 Å². The second-order valence-corrected chi connectivity index (χ2v) is 5.53. The monoisotopic (exact) mass is 337 g/mol. The highest BCUT2D eigenvalue weighted by Crippen LogP contribution is 2.25. The minimum atomic E-state index is -0.671. The summed E-state index contributed by atoms with van der Waals surface area (Å²) in [6.45, 7) is 0.338. The number of hydrogen-bond donors (Lipinski definition) is 2. The maximum Gasteiger partial charge on any atom is 0.255 e. The Balaban J connectivity index is 1.60. The molecule has 5 heteroatoms. The van der Waals surface area contributed by atoms with Crippen LogP contribution in [-0.4, -0.2) is 17.6 Å². The molecule has 1 heterocycles. The van der Waals surface area contributed by atoms with Crippen molar-refractivity contribution in [1.82, 2.24) is 5.32 Å². The molecule has 0 radical (unpaired) electrons. The van der Waals surface area contributed by atoms with Crippen LogP contribution in [0.5, 0.6) is 11.5 Å². The molecule has 0 fully saturated rings. The molecule has 0 aliphatic heterocycles. The fraction of sp³-hybridized carbons (Fsp3) is 0.150. The number of hydrogen-bond acceptors (Lipinski definition) is 4. The van der Waals surface area contributed by atoms with E-state index in [9.17, 15) is 9.90 Å². The van der Waals surface area contributed by atoms with Gasteiger partial charge in [-0.2, -0.15) is 0 Å². The first-order chi connectivity index (χ1) is 12.2. The van der Waals surface area contributed by atoms with Crippen molar-refractivity contribution in [2.24, 2.45) is 0 Å². The summed E-state index contributed by atoms with van der Waals surface area (Å²) in [4.78, 5) is 12.4. The van der Waals surface area contributed by atoms with Crippen LogP contribution in [0.2, 0.25) is 0 Å². The van der Waals surface area contributed by atoms with E-state index in [1.54, 1.807) is 24.3 Å². The standard InChI is InChI=1S/C20H19NO4/c22-18(15-11-13-24-14-15)10-12-21-20(23)17-8-4-5-9-19(17)25-16-6-2-1-3-7-16/h1-9,11,13-14,18,22H,10,12H2,(H,21,23). The lowest BCUT2D eigenvalue weighted by molar-refractivity contribution is 0.0940. The Bertz CT molecular complexity index is 800. The van der Waals surface area contributed by atoms with Crippen LogP contribution in [0.3, 0.4) is 0 Å². The van der Waals surface area contributed by atoms with Gasteiger partial charge in [-0.1, -0.05) is 30.3 Å². The number of rotatable bonds is 7. The molecule has 0 saturated carbocycles. The molecule has 128 valence electrons. The van der Waals surface area contributed by atoms with Gasteiger partial charge in [0.15, 0.2) is 0 Å². The summed E-state index contributed by atoms with van der Waals surface area (Å²) in [5, 5.41) is 12.8. The fourth-order valence-corrected chi connectivity index (χ4v) is 2.41. The molecule has 0 aliphatic rings. The molecular formula is C20H19NO4. The van der Waals surface area contributed by atoms with E-state index in [0.717, 1.165) is 0 Å². The summed E-state index contributed by atoms with van der Waals surface area (Å²) in [7, 11) is 0. The number of amides is 1. The highest BCUT2D eigenvalue weighted by atomic mass is 16.5. The van der Waals surface area contributed by atoms with E-state index in [-0.39, 0.29) is 5.91 Å². The number of benzene rings is 2. The topological polar surface area (TPSA) is 71.7 Å². The third-order valence-corrected chi connectivity index (χ3v) is 3.73. The van der Waals surface area contributed by atoms with Gasteiger partial charge in [0.2, 0.25) is 0 Å². The van der Waals surface area contributed by atoms with Gasteiger partial charge < -0.3 is 19.6 Å². The van der Waals surface area contributed by atoms with E-state index in [2.05, 4.69) is 5.32 Å². The molecule has 1 aromatic heterocycles. The molecule has 3 aromatic rings. The molecule has 25 heavy (non-hydrogen) atoms. The van der Waals surface area contributed by atoms with Crippen molar-refractivity contribution in [3.8, 4) is 11.5 Å². The third-order valence-electron chi connectivity index (χ3n) is 3.73. The Morgan fingerprint density at radius 2 is 1.84 bits per heavy atom. The van der Waals surface area contributed by atoms with Gasteiger partial charge in [0, 0.05) is 12.1 Å². The van der Waals surface area contributed by atoms with Crippen molar-refractivity contribution in [2.45, 2.75) is 12.5 Å². The predicted molar refractivity (Wildman–Crippen MR) is 93.6 cm³/mol. The van der Waals surface area contributed by atoms with Crippen molar-refractivity contribution in [1.29, 1.82) is 0 Å². The zero-order valence-electron chi connectivity index (χ0n) is 13.6. The Hall–Kier alpha value is -3.05. The minimum Gasteiger partial charge on any atom is -0.472 e. The van der Waals surface area contributed by atoms with E-state index in [1.807, 2.05) is 36.4 Å². The summed E-state index contributed by atoms with van der Waals surface area (Å²) in [6.07, 6.45) is 2.73. The molecule has 0 saturated heterocycles. The summed E-state index contributed by atoms with van der Waals surface area (Å²) >= 11 is 0. The molecule has 3 rings (SSSR count). The Morgan fingerprint density at radius 1 is 1.08 bits per heavy atom. The normalized spacial score (nSPS) is 11.7. The Morgan fingerprint density at radius 3 is 2.60 bits per heavy atom. The number of para-hydroxylation sites is 2. The molecule has 0 bridgehead atoms.